The fraction of sp³-hybridized carbons (Fsp3) is 0.947. The molecule has 4 heteroatoms. The molecule has 2 aliphatic heterocycles. The lowest BCUT2D eigenvalue weighted by molar-refractivity contribution is -0.131. The van der Waals surface area contributed by atoms with E-state index in [4.69, 9.17) is 4.74 Å². The van der Waals surface area contributed by atoms with Crippen LogP contribution in [0.5, 0.6) is 0 Å². The normalized spacial score (nSPS) is 27.7. The summed E-state index contributed by atoms with van der Waals surface area (Å²) in [4.78, 5) is 14.5. The summed E-state index contributed by atoms with van der Waals surface area (Å²) in [5.41, 5.74) is 0. The highest BCUT2D eigenvalue weighted by atomic mass is 16.5. The van der Waals surface area contributed by atoms with E-state index < -0.39 is 0 Å². The van der Waals surface area contributed by atoms with Crippen LogP contribution >= 0.6 is 0 Å². The number of carbonyl (C=O) groups is 1. The summed E-state index contributed by atoms with van der Waals surface area (Å²) >= 11 is 0. The van der Waals surface area contributed by atoms with Gasteiger partial charge in [0.15, 0.2) is 0 Å². The van der Waals surface area contributed by atoms with Crippen LogP contribution in [0.25, 0.3) is 0 Å². The van der Waals surface area contributed by atoms with Crippen LogP contribution in [0.2, 0.25) is 0 Å². The van der Waals surface area contributed by atoms with Gasteiger partial charge in [-0.25, -0.2) is 0 Å². The third-order valence-corrected chi connectivity index (χ3v) is 5.32. The Morgan fingerprint density at radius 3 is 2.48 bits per heavy atom. The van der Waals surface area contributed by atoms with Gasteiger partial charge in [0.05, 0.1) is 6.10 Å². The maximum atomic E-state index is 12.4. The van der Waals surface area contributed by atoms with Crippen LogP contribution in [0.1, 0.15) is 65.7 Å². The Kier molecular flexibility index (Phi) is 7.84. The van der Waals surface area contributed by atoms with E-state index in [-0.39, 0.29) is 6.04 Å². The third kappa shape index (κ3) is 6.07. The Morgan fingerprint density at radius 2 is 1.83 bits per heavy atom. The van der Waals surface area contributed by atoms with E-state index in [1.807, 2.05) is 0 Å². The molecule has 0 radical (unpaired) electrons. The topological polar surface area (TPSA) is 41.6 Å². The Hall–Kier alpha value is -0.610. The van der Waals surface area contributed by atoms with Gasteiger partial charge >= 0.3 is 0 Å². The quantitative estimate of drug-likeness (QED) is 0.816. The summed E-state index contributed by atoms with van der Waals surface area (Å²) in [5, 5.41) is 3.60. The van der Waals surface area contributed by atoms with Crippen LogP contribution in [-0.2, 0) is 9.53 Å². The minimum Gasteiger partial charge on any atom is -0.378 e. The number of hydrogen-bond donors (Lipinski definition) is 1. The molecule has 2 saturated heterocycles. The van der Waals surface area contributed by atoms with E-state index in [0.717, 1.165) is 32.7 Å². The summed E-state index contributed by atoms with van der Waals surface area (Å²) in [6, 6.07) is 0.250. The predicted octanol–water partition coefficient (Wildman–Crippen LogP) is 3.21. The van der Waals surface area contributed by atoms with Gasteiger partial charge in [0, 0.05) is 38.7 Å². The van der Waals surface area contributed by atoms with Gasteiger partial charge in [0.2, 0.25) is 5.91 Å². The van der Waals surface area contributed by atoms with E-state index >= 15 is 0 Å². The lowest BCUT2D eigenvalue weighted by Crippen LogP contribution is -2.43. The van der Waals surface area contributed by atoms with E-state index in [9.17, 15) is 4.79 Å². The zero-order chi connectivity index (χ0) is 16.7. The Bertz CT molecular complexity index is 351. The molecule has 0 aromatic carbocycles. The van der Waals surface area contributed by atoms with Crippen molar-refractivity contribution in [3.63, 3.8) is 0 Å². The molecule has 0 unspecified atom stereocenters. The zero-order valence-electron chi connectivity index (χ0n) is 15.4. The van der Waals surface area contributed by atoms with Gasteiger partial charge in [-0.2, -0.15) is 0 Å². The molecule has 0 aromatic heterocycles. The summed E-state index contributed by atoms with van der Waals surface area (Å²) in [6.45, 7) is 10.4. The summed E-state index contributed by atoms with van der Waals surface area (Å²) in [7, 11) is 0. The van der Waals surface area contributed by atoms with Crippen molar-refractivity contribution < 1.29 is 9.53 Å². The fourth-order valence-electron chi connectivity index (χ4n) is 3.96. The average Bonchev–Trinajstić information content (AvgIpc) is 2.82. The second-order valence-corrected chi connectivity index (χ2v) is 7.79. The standard InChI is InChI=1S/C19H36N2O2/c1-15(2)19-17(9-8-12-23-19)14-20-16(3)13-18(22)21-10-6-4-5-7-11-21/h15-17,19-20H,4-14H2,1-3H3/t16-,17+,19-/m1/s1. The van der Waals surface area contributed by atoms with E-state index in [2.05, 4.69) is 31.0 Å². The second-order valence-electron chi connectivity index (χ2n) is 7.79. The first-order chi connectivity index (χ1) is 11.1. The smallest absolute Gasteiger partial charge is 0.224 e. The van der Waals surface area contributed by atoms with Gasteiger partial charge in [0.25, 0.3) is 0 Å². The largest absolute Gasteiger partial charge is 0.378 e. The molecule has 1 N–H and O–H groups in total. The van der Waals surface area contributed by atoms with E-state index in [1.54, 1.807) is 0 Å². The van der Waals surface area contributed by atoms with Gasteiger partial charge in [0.1, 0.15) is 0 Å². The van der Waals surface area contributed by atoms with Crippen molar-refractivity contribution in [3.8, 4) is 0 Å². The number of carbonyl (C=O) groups excluding carboxylic acids is 1. The van der Waals surface area contributed by atoms with Gasteiger partial charge in [-0.3, -0.25) is 4.79 Å². The predicted molar refractivity (Wildman–Crippen MR) is 94.4 cm³/mol. The van der Waals surface area contributed by atoms with Crippen molar-refractivity contribution in [2.24, 2.45) is 11.8 Å². The highest BCUT2D eigenvalue weighted by Crippen LogP contribution is 2.25. The lowest BCUT2D eigenvalue weighted by atomic mass is 9.87. The van der Waals surface area contributed by atoms with Crippen LogP contribution in [0, 0.1) is 11.8 Å². The summed E-state index contributed by atoms with van der Waals surface area (Å²) in [5.74, 6) is 1.47. The fourth-order valence-corrected chi connectivity index (χ4v) is 3.96. The molecular weight excluding hydrogens is 288 g/mol. The maximum Gasteiger partial charge on any atom is 0.224 e. The van der Waals surface area contributed by atoms with E-state index in [1.165, 1.54) is 32.1 Å². The Labute approximate surface area is 142 Å². The molecule has 2 heterocycles. The third-order valence-electron chi connectivity index (χ3n) is 5.32. The monoisotopic (exact) mass is 324 g/mol. The Morgan fingerprint density at radius 1 is 1.13 bits per heavy atom. The first-order valence-electron chi connectivity index (χ1n) is 9.70. The van der Waals surface area contributed by atoms with Crippen molar-refractivity contribution in [2.75, 3.05) is 26.2 Å². The van der Waals surface area contributed by atoms with Crippen molar-refractivity contribution in [2.45, 2.75) is 77.9 Å². The number of likely N-dealkylation sites (tertiary alicyclic amines) is 1. The number of nitrogens with one attached hydrogen (secondary N) is 1. The van der Waals surface area contributed by atoms with Crippen molar-refractivity contribution in [1.82, 2.24) is 10.2 Å². The van der Waals surface area contributed by atoms with Crippen LogP contribution < -0.4 is 5.32 Å². The SMILES string of the molecule is CC(C)[C@H]1OCCC[C@H]1CN[C@H](C)CC(=O)N1CCCCCC1. The van der Waals surface area contributed by atoms with Crippen LogP contribution in [0.3, 0.4) is 0 Å². The number of ether oxygens (including phenoxy) is 1. The molecule has 0 saturated carbocycles. The molecule has 2 fully saturated rings. The van der Waals surface area contributed by atoms with Gasteiger partial charge in [-0.05, 0) is 44.4 Å². The number of hydrogen-bond acceptors (Lipinski definition) is 3. The minimum atomic E-state index is 0.250. The van der Waals surface area contributed by atoms with Crippen molar-refractivity contribution in [3.05, 3.63) is 0 Å². The number of nitrogens with zero attached hydrogens (tertiary/aromatic N) is 1. The van der Waals surface area contributed by atoms with Gasteiger partial charge in [-0.15, -0.1) is 0 Å². The molecule has 0 aliphatic carbocycles. The molecule has 0 aromatic rings. The minimum absolute atomic E-state index is 0.250. The molecule has 2 rings (SSSR count). The zero-order valence-corrected chi connectivity index (χ0v) is 15.4. The Balaban J connectivity index is 1.73. The summed E-state index contributed by atoms with van der Waals surface area (Å²) < 4.78 is 5.96. The highest BCUT2D eigenvalue weighted by Gasteiger charge is 2.28. The maximum absolute atomic E-state index is 12.4. The molecule has 134 valence electrons. The van der Waals surface area contributed by atoms with E-state index in [0.29, 0.717) is 30.3 Å². The number of amides is 1. The highest BCUT2D eigenvalue weighted by molar-refractivity contribution is 5.76. The molecule has 3 atom stereocenters. The van der Waals surface area contributed by atoms with Gasteiger partial charge < -0.3 is 15.0 Å². The van der Waals surface area contributed by atoms with Crippen LogP contribution in [0.4, 0.5) is 0 Å². The molecule has 4 nitrogen and oxygen atoms in total. The molecular formula is C19H36N2O2. The first-order valence-corrected chi connectivity index (χ1v) is 9.70. The molecule has 0 bridgehead atoms. The summed E-state index contributed by atoms with van der Waals surface area (Å²) in [6.07, 6.45) is 8.28. The molecule has 2 aliphatic rings. The number of rotatable bonds is 6. The van der Waals surface area contributed by atoms with Crippen LogP contribution in [0.15, 0.2) is 0 Å². The molecule has 0 spiro atoms. The lowest BCUT2D eigenvalue weighted by Gasteiger charge is -2.35. The van der Waals surface area contributed by atoms with Crippen LogP contribution in [-0.4, -0.2) is 49.2 Å². The second kappa shape index (κ2) is 9.63. The molecule has 23 heavy (non-hydrogen) atoms. The van der Waals surface area contributed by atoms with Gasteiger partial charge in [-0.1, -0.05) is 26.7 Å². The first kappa shape index (κ1) is 18.7. The average molecular weight is 325 g/mol. The van der Waals surface area contributed by atoms with Crippen molar-refractivity contribution in [1.29, 1.82) is 0 Å². The molecule has 1 amide bonds. The van der Waals surface area contributed by atoms with Crippen molar-refractivity contribution >= 4 is 5.91 Å².